The normalized spacial score (nSPS) is 21.1. The van der Waals surface area contributed by atoms with Gasteiger partial charge in [0.05, 0.1) is 17.7 Å². The van der Waals surface area contributed by atoms with Gasteiger partial charge in [-0.05, 0) is 66.6 Å². The molecule has 0 bridgehead atoms. The van der Waals surface area contributed by atoms with E-state index in [1.165, 1.54) is 12.1 Å². The number of primary sulfonamides is 1. The Morgan fingerprint density at radius 1 is 1.07 bits per heavy atom. The number of nitrogens with zero attached hydrogens (tertiary/aromatic N) is 1. The van der Waals surface area contributed by atoms with Gasteiger partial charge in [-0.2, -0.15) is 0 Å². The number of ketones is 1. The van der Waals surface area contributed by atoms with Crippen LogP contribution in [0.25, 0.3) is 22.4 Å². The zero-order chi connectivity index (χ0) is 29.8. The minimum absolute atomic E-state index is 0.0125. The van der Waals surface area contributed by atoms with Gasteiger partial charge in [-0.25, -0.2) is 23.3 Å². The van der Waals surface area contributed by atoms with E-state index in [2.05, 4.69) is 15.6 Å². The van der Waals surface area contributed by atoms with E-state index < -0.39 is 27.5 Å². The second-order valence-corrected chi connectivity index (χ2v) is 12.4. The lowest BCUT2D eigenvalue weighted by molar-refractivity contribution is -0.125. The zero-order valence-electron chi connectivity index (χ0n) is 22.8. The van der Waals surface area contributed by atoms with Crippen molar-refractivity contribution in [3.63, 3.8) is 0 Å². The molecular formula is C30H28N4O7S. The van der Waals surface area contributed by atoms with Crippen molar-refractivity contribution in [3.8, 4) is 17.0 Å². The molecule has 6 rings (SSSR count). The first-order valence-corrected chi connectivity index (χ1v) is 14.9. The number of nitrogens with one attached hydrogen (secondary N) is 2. The summed E-state index contributed by atoms with van der Waals surface area (Å²) in [6.07, 6.45) is 1.16. The van der Waals surface area contributed by atoms with E-state index in [-0.39, 0.29) is 34.7 Å². The molecule has 216 valence electrons. The molecule has 12 heteroatoms. The number of methoxy groups -OCH3 is 1. The Morgan fingerprint density at radius 3 is 2.50 bits per heavy atom. The number of carbonyl (C=O) groups excluding carboxylic acids is 3. The van der Waals surface area contributed by atoms with Crippen LogP contribution >= 0.6 is 0 Å². The summed E-state index contributed by atoms with van der Waals surface area (Å²) >= 11 is 0. The number of pyridine rings is 1. The Labute approximate surface area is 241 Å². The van der Waals surface area contributed by atoms with E-state index in [1.807, 2.05) is 19.1 Å². The van der Waals surface area contributed by atoms with Gasteiger partial charge < -0.3 is 14.5 Å². The molecule has 2 aromatic heterocycles. The largest absolute Gasteiger partial charge is 0.497 e. The number of urea groups is 1. The molecule has 1 aliphatic carbocycles. The molecule has 0 saturated carbocycles. The van der Waals surface area contributed by atoms with Crippen LogP contribution in [-0.2, 0) is 26.8 Å². The van der Waals surface area contributed by atoms with E-state index in [4.69, 9.17) is 14.3 Å². The molecule has 0 spiro atoms. The number of rotatable bonds is 7. The average molecular weight is 589 g/mol. The number of sulfonamides is 1. The lowest BCUT2D eigenvalue weighted by Gasteiger charge is -2.33. The highest BCUT2D eigenvalue weighted by Crippen LogP contribution is 2.41. The zero-order valence-corrected chi connectivity index (χ0v) is 23.7. The van der Waals surface area contributed by atoms with Crippen molar-refractivity contribution in [1.82, 2.24) is 15.6 Å². The SMILES string of the molecule is COc1ccc2c(c1)C(=O)CC(C(C)CC1(c3cc4nc(-c5ccc(S(N)(=O)=O)cc5)ccc4o3)NC(=O)NC1=O)C2. The molecule has 1 fully saturated rings. The number of hydrogen-bond donors (Lipinski definition) is 3. The third-order valence-electron chi connectivity index (χ3n) is 8.19. The van der Waals surface area contributed by atoms with Crippen molar-refractivity contribution < 1.29 is 32.0 Å². The monoisotopic (exact) mass is 588 g/mol. The first kappa shape index (κ1) is 27.6. The summed E-state index contributed by atoms with van der Waals surface area (Å²) in [6.45, 7) is 1.97. The number of aromatic nitrogens is 1. The Morgan fingerprint density at radius 2 is 1.83 bits per heavy atom. The van der Waals surface area contributed by atoms with Gasteiger partial charge in [0.15, 0.2) is 16.9 Å². The topological polar surface area (TPSA) is 171 Å². The van der Waals surface area contributed by atoms with Gasteiger partial charge in [0.25, 0.3) is 5.91 Å². The van der Waals surface area contributed by atoms with Crippen molar-refractivity contribution in [2.24, 2.45) is 17.0 Å². The van der Waals surface area contributed by atoms with Gasteiger partial charge in [-0.3, -0.25) is 14.9 Å². The second kappa shape index (κ2) is 10.1. The summed E-state index contributed by atoms with van der Waals surface area (Å²) in [7, 11) is -2.27. The maximum absolute atomic E-state index is 13.3. The molecule has 3 atom stereocenters. The van der Waals surface area contributed by atoms with Crippen molar-refractivity contribution in [2.45, 2.75) is 36.6 Å². The molecule has 3 amide bonds. The average Bonchev–Trinajstić information content (AvgIpc) is 3.52. The molecule has 1 aliphatic heterocycles. The second-order valence-electron chi connectivity index (χ2n) is 10.9. The highest BCUT2D eigenvalue weighted by atomic mass is 32.2. The molecule has 42 heavy (non-hydrogen) atoms. The molecule has 3 heterocycles. The first-order chi connectivity index (χ1) is 20.0. The van der Waals surface area contributed by atoms with E-state index in [0.29, 0.717) is 46.5 Å². The van der Waals surface area contributed by atoms with Gasteiger partial charge in [-0.15, -0.1) is 0 Å². The number of furan rings is 1. The Bertz CT molecular complexity index is 1870. The van der Waals surface area contributed by atoms with E-state index in [9.17, 15) is 22.8 Å². The van der Waals surface area contributed by atoms with E-state index >= 15 is 0 Å². The van der Waals surface area contributed by atoms with Gasteiger partial charge in [0.1, 0.15) is 17.0 Å². The molecule has 0 radical (unpaired) electrons. The third kappa shape index (κ3) is 4.82. The summed E-state index contributed by atoms with van der Waals surface area (Å²) in [6, 6.07) is 15.9. The van der Waals surface area contributed by atoms with Crippen LogP contribution in [0.4, 0.5) is 4.79 Å². The van der Waals surface area contributed by atoms with Crippen LogP contribution in [0.1, 0.15) is 41.4 Å². The summed E-state index contributed by atoms with van der Waals surface area (Å²) in [5.74, 6) is 0.120. The van der Waals surface area contributed by atoms with Crippen LogP contribution in [0.15, 0.2) is 70.0 Å². The highest BCUT2D eigenvalue weighted by Gasteiger charge is 2.52. The van der Waals surface area contributed by atoms with Crippen LogP contribution in [0, 0.1) is 11.8 Å². The number of Topliss-reactive ketones (excluding diaryl/α,β-unsaturated/α-hetero) is 1. The smallest absolute Gasteiger partial charge is 0.322 e. The maximum atomic E-state index is 13.3. The van der Waals surface area contributed by atoms with Crippen molar-refractivity contribution in [3.05, 3.63) is 77.6 Å². The molecule has 4 N–H and O–H groups in total. The maximum Gasteiger partial charge on any atom is 0.322 e. The Hall–Kier alpha value is -4.55. The third-order valence-corrected chi connectivity index (χ3v) is 9.12. The number of nitrogens with two attached hydrogens (primary N) is 1. The van der Waals surface area contributed by atoms with Crippen LogP contribution in [0.2, 0.25) is 0 Å². The lowest BCUT2D eigenvalue weighted by atomic mass is 9.72. The fraction of sp³-hybridized carbons (Fsp3) is 0.267. The number of fused-ring (bicyclic) bond motifs is 2. The quantitative estimate of drug-likeness (QED) is 0.275. The fourth-order valence-corrected chi connectivity index (χ4v) is 6.41. The number of carbonyl (C=O) groups is 3. The van der Waals surface area contributed by atoms with Gasteiger partial charge >= 0.3 is 6.03 Å². The standard InChI is InChI=1S/C30H28N4O7S/c1-16(19-11-18-3-6-20(40-2)13-22(18)25(35)12-19)15-30(28(36)33-29(37)34-30)27-14-24-26(41-27)10-9-23(32-24)17-4-7-21(8-5-17)42(31,38)39/h3-10,13-14,16,19H,11-12,15H2,1-2H3,(H2,31,38,39)(H2,33,34,36,37). The molecule has 1 saturated heterocycles. The molecule has 3 unspecified atom stereocenters. The van der Waals surface area contributed by atoms with E-state index in [0.717, 1.165) is 5.56 Å². The summed E-state index contributed by atoms with van der Waals surface area (Å²) < 4.78 is 34.6. The minimum atomic E-state index is -3.83. The van der Waals surface area contributed by atoms with Crippen molar-refractivity contribution in [1.29, 1.82) is 0 Å². The Kier molecular flexibility index (Phi) is 6.62. The van der Waals surface area contributed by atoms with Crippen molar-refractivity contribution in [2.75, 3.05) is 7.11 Å². The molecule has 4 aromatic rings. The predicted molar refractivity (Wildman–Crippen MR) is 152 cm³/mol. The number of benzene rings is 2. The number of amides is 3. The van der Waals surface area contributed by atoms with Crippen LogP contribution < -0.4 is 20.5 Å². The summed E-state index contributed by atoms with van der Waals surface area (Å²) in [5, 5.41) is 10.3. The fourth-order valence-electron chi connectivity index (χ4n) is 5.89. The summed E-state index contributed by atoms with van der Waals surface area (Å²) in [4.78, 5) is 43.4. The predicted octanol–water partition coefficient (Wildman–Crippen LogP) is 3.66. The van der Waals surface area contributed by atoms with Gasteiger partial charge in [0.2, 0.25) is 10.0 Å². The first-order valence-electron chi connectivity index (χ1n) is 13.3. The van der Waals surface area contributed by atoms with Crippen LogP contribution in [-0.4, -0.2) is 38.2 Å². The van der Waals surface area contributed by atoms with Gasteiger partial charge in [0, 0.05) is 23.6 Å². The molecular weight excluding hydrogens is 560 g/mol. The van der Waals surface area contributed by atoms with Crippen LogP contribution in [0.3, 0.4) is 0 Å². The lowest BCUT2D eigenvalue weighted by Crippen LogP contribution is -2.46. The summed E-state index contributed by atoms with van der Waals surface area (Å²) in [5.41, 5.74) is 2.16. The van der Waals surface area contributed by atoms with Crippen molar-refractivity contribution >= 4 is 38.8 Å². The molecule has 11 nitrogen and oxygen atoms in total. The number of imide groups is 1. The Balaban J connectivity index is 1.31. The molecule has 2 aliphatic rings. The highest BCUT2D eigenvalue weighted by molar-refractivity contribution is 7.89. The number of hydrogen-bond acceptors (Lipinski definition) is 8. The van der Waals surface area contributed by atoms with E-state index in [1.54, 1.807) is 43.5 Å². The number of ether oxygens (including phenoxy) is 1. The molecule has 2 aromatic carbocycles. The van der Waals surface area contributed by atoms with Gasteiger partial charge in [-0.1, -0.05) is 25.1 Å². The minimum Gasteiger partial charge on any atom is -0.497 e. The van der Waals surface area contributed by atoms with Crippen LogP contribution in [0.5, 0.6) is 5.75 Å².